The second-order valence-electron chi connectivity index (χ2n) is 5.75. The van der Waals surface area contributed by atoms with Gasteiger partial charge < -0.3 is 10.1 Å². The number of nitrogens with one attached hydrogen (secondary N) is 1. The van der Waals surface area contributed by atoms with E-state index in [-0.39, 0.29) is 5.91 Å². The Morgan fingerprint density at radius 3 is 2.89 bits per heavy atom. The van der Waals surface area contributed by atoms with Gasteiger partial charge in [-0.3, -0.25) is 4.79 Å². The highest BCUT2D eigenvalue weighted by Gasteiger charge is 2.10. The van der Waals surface area contributed by atoms with Crippen LogP contribution in [-0.4, -0.2) is 28.6 Å². The van der Waals surface area contributed by atoms with Gasteiger partial charge in [0.1, 0.15) is 5.75 Å². The maximum absolute atomic E-state index is 12.1. The van der Waals surface area contributed by atoms with Crippen molar-refractivity contribution in [1.29, 1.82) is 0 Å². The lowest BCUT2D eigenvalue weighted by atomic mass is 10.2. The number of thioether (sulfide) groups is 1. The Balaban J connectivity index is 1.57. The number of methoxy groups -OCH3 is 1. The summed E-state index contributed by atoms with van der Waals surface area (Å²) in [5, 5.41) is 7.46. The first kappa shape index (κ1) is 19.6. The van der Waals surface area contributed by atoms with Gasteiger partial charge in [-0.25, -0.2) is 4.68 Å². The maximum atomic E-state index is 12.1. The SMILES string of the molecule is COc1cccc(CNC(=O)CSc2nn(-c3ccccc3C)c(=S)s2)c1. The number of nitrogens with zero attached hydrogens (tertiary/aromatic N) is 2. The lowest BCUT2D eigenvalue weighted by Crippen LogP contribution is -2.24. The summed E-state index contributed by atoms with van der Waals surface area (Å²) < 4.78 is 8.39. The molecule has 0 aliphatic heterocycles. The highest BCUT2D eigenvalue weighted by molar-refractivity contribution is 8.01. The maximum Gasteiger partial charge on any atom is 0.230 e. The van der Waals surface area contributed by atoms with E-state index in [9.17, 15) is 4.79 Å². The summed E-state index contributed by atoms with van der Waals surface area (Å²) >= 11 is 8.23. The van der Waals surface area contributed by atoms with Gasteiger partial charge in [-0.2, -0.15) is 0 Å². The zero-order chi connectivity index (χ0) is 19.2. The molecule has 140 valence electrons. The summed E-state index contributed by atoms with van der Waals surface area (Å²) in [6, 6.07) is 15.6. The minimum Gasteiger partial charge on any atom is -0.497 e. The standard InChI is InChI=1S/C19H19N3O2S3/c1-13-6-3-4-9-16(13)22-19(25)27-18(21-22)26-12-17(23)20-11-14-7-5-8-15(10-14)24-2/h3-10H,11-12H2,1-2H3,(H,20,23). The van der Waals surface area contributed by atoms with Crippen LogP contribution in [-0.2, 0) is 11.3 Å². The van der Waals surface area contributed by atoms with Gasteiger partial charge in [0, 0.05) is 6.54 Å². The van der Waals surface area contributed by atoms with Crippen LogP contribution in [0.2, 0.25) is 0 Å². The van der Waals surface area contributed by atoms with E-state index in [1.807, 2.05) is 55.5 Å². The van der Waals surface area contributed by atoms with E-state index in [1.54, 1.807) is 11.8 Å². The fourth-order valence-electron chi connectivity index (χ4n) is 2.43. The summed E-state index contributed by atoms with van der Waals surface area (Å²) in [5.74, 6) is 1.02. The van der Waals surface area contributed by atoms with Crippen molar-refractivity contribution in [3.8, 4) is 11.4 Å². The van der Waals surface area contributed by atoms with Gasteiger partial charge in [0.25, 0.3) is 0 Å². The number of para-hydroxylation sites is 1. The fraction of sp³-hybridized carbons (Fsp3) is 0.211. The number of amides is 1. The molecule has 8 heteroatoms. The largest absolute Gasteiger partial charge is 0.497 e. The van der Waals surface area contributed by atoms with Gasteiger partial charge in [0.15, 0.2) is 8.29 Å². The van der Waals surface area contributed by atoms with E-state index in [2.05, 4.69) is 10.4 Å². The molecule has 0 bridgehead atoms. The number of aromatic nitrogens is 2. The van der Waals surface area contributed by atoms with Crippen LogP contribution in [0, 0.1) is 10.9 Å². The number of ether oxygens (including phenoxy) is 1. The monoisotopic (exact) mass is 417 g/mol. The van der Waals surface area contributed by atoms with Crippen LogP contribution in [0.1, 0.15) is 11.1 Å². The van der Waals surface area contributed by atoms with Gasteiger partial charge in [-0.05, 0) is 48.5 Å². The van der Waals surface area contributed by atoms with E-state index >= 15 is 0 Å². The second-order valence-corrected chi connectivity index (χ2v) is 8.59. The first-order chi connectivity index (χ1) is 13.1. The summed E-state index contributed by atoms with van der Waals surface area (Å²) in [4.78, 5) is 12.1. The van der Waals surface area contributed by atoms with E-state index in [0.717, 1.165) is 26.9 Å². The molecule has 0 aliphatic carbocycles. The molecule has 3 rings (SSSR count). The molecular formula is C19H19N3O2S3. The number of hydrogen-bond donors (Lipinski definition) is 1. The van der Waals surface area contributed by atoms with Gasteiger partial charge in [-0.1, -0.05) is 53.4 Å². The van der Waals surface area contributed by atoms with Crippen LogP contribution >= 0.6 is 35.3 Å². The third-order valence-corrected chi connectivity index (χ3v) is 6.19. The second kappa shape index (κ2) is 9.16. The summed E-state index contributed by atoms with van der Waals surface area (Å²) in [6.07, 6.45) is 0. The molecule has 0 atom stereocenters. The normalized spacial score (nSPS) is 10.6. The molecule has 0 radical (unpaired) electrons. The molecular weight excluding hydrogens is 398 g/mol. The molecule has 0 unspecified atom stereocenters. The Hall–Kier alpha value is -2.16. The first-order valence-electron chi connectivity index (χ1n) is 8.25. The topological polar surface area (TPSA) is 56.1 Å². The first-order valence-corrected chi connectivity index (χ1v) is 10.5. The zero-order valence-electron chi connectivity index (χ0n) is 15.0. The van der Waals surface area contributed by atoms with Crippen molar-refractivity contribution < 1.29 is 9.53 Å². The Morgan fingerprint density at radius 2 is 2.11 bits per heavy atom. The van der Waals surface area contributed by atoms with E-state index in [0.29, 0.717) is 16.3 Å². The third kappa shape index (κ3) is 5.18. The Labute approximate surface area is 171 Å². The van der Waals surface area contributed by atoms with Crippen molar-refractivity contribution in [3.63, 3.8) is 0 Å². The number of benzene rings is 2. The lowest BCUT2D eigenvalue weighted by molar-refractivity contribution is -0.118. The van der Waals surface area contributed by atoms with Gasteiger partial charge in [-0.15, -0.1) is 5.10 Å². The van der Waals surface area contributed by atoms with Crippen molar-refractivity contribution in [1.82, 2.24) is 15.1 Å². The predicted molar refractivity (Wildman–Crippen MR) is 113 cm³/mol. The van der Waals surface area contributed by atoms with Crippen LogP contribution in [0.3, 0.4) is 0 Å². The molecule has 1 N–H and O–H groups in total. The van der Waals surface area contributed by atoms with Gasteiger partial charge in [0.05, 0.1) is 18.6 Å². The van der Waals surface area contributed by atoms with Crippen LogP contribution in [0.4, 0.5) is 0 Å². The summed E-state index contributed by atoms with van der Waals surface area (Å²) in [5.41, 5.74) is 3.06. The molecule has 0 spiro atoms. The average molecular weight is 418 g/mol. The van der Waals surface area contributed by atoms with E-state index in [4.69, 9.17) is 17.0 Å². The molecule has 0 fully saturated rings. The minimum atomic E-state index is -0.0496. The van der Waals surface area contributed by atoms with Crippen molar-refractivity contribution in [2.45, 2.75) is 17.8 Å². The Bertz CT molecular complexity index is 998. The van der Waals surface area contributed by atoms with Crippen LogP contribution in [0.5, 0.6) is 5.75 Å². The molecule has 5 nitrogen and oxygen atoms in total. The molecule has 27 heavy (non-hydrogen) atoms. The van der Waals surface area contributed by atoms with E-state index in [1.165, 1.54) is 23.1 Å². The third-order valence-electron chi connectivity index (χ3n) is 3.82. The minimum absolute atomic E-state index is 0.0496. The molecule has 0 saturated carbocycles. The van der Waals surface area contributed by atoms with Crippen LogP contribution in [0.15, 0.2) is 52.9 Å². The molecule has 0 aliphatic rings. The quantitative estimate of drug-likeness (QED) is 0.456. The highest BCUT2D eigenvalue weighted by Crippen LogP contribution is 2.25. The Kier molecular flexibility index (Phi) is 6.65. The number of aryl methyl sites for hydroxylation is 1. The number of carbonyl (C=O) groups is 1. The summed E-state index contributed by atoms with van der Waals surface area (Å²) in [6.45, 7) is 2.49. The van der Waals surface area contributed by atoms with Gasteiger partial charge >= 0.3 is 0 Å². The molecule has 2 aromatic carbocycles. The van der Waals surface area contributed by atoms with Crippen molar-refractivity contribution in [3.05, 3.63) is 63.6 Å². The van der Waals surface area contributed by atoms with Crippen molar-refractivity contribution in [2.24, 2.45) is 0 Å². The zero-order valence-corrected chi connectivity index (χ0v) is 17.4. The number of hydrogen-bond acceptors (Lipinski definition) is 6. The fourth-order valence-corrected chi connectivity index (χ4v) is 4.61. The molecule has 1 amide bonds. The van der Waals surface area contributed by atoms with Crippen molar-refractivity contribution >= 4 is 41.2 Å². The number of rotatable bonds is 7. The highest BCUT2D eigenvalue weighted by atomic mass is 32.2. The van der Waals surface area contributed by atoms with Gasteiger partial charge in [0.2, 0.25) is 5.91 Å². The lowest BCUT2D eigenvalue weighted by Gasteiger charge is -2.06. The van der Waals surface area contributed by atoms with Crippen LogP contribution in [0.25, 0.3) is 5.69 Å². The number of carbonyl (C=O) groups excluding carboxylic acids is 1. The van der Waals surface area contributed by atoms with Crippen molar-refractivity contribution in [2.75, 3.05) is 12.9 Å². The summed E-state index contributed by atoms with van der Waals surface area (Å²) in [7, 11) is 1.62. The molecule has 0 saturated heterocycles. The smallest absolute Gasteiger partial charge is 0.230 e. The molecule has 1 aromatic heterocycles. The van der Waals surface area contributed by atoms with Crippen LogP contribution < -0.4 is 10.1 Å². The van der Waals surface area contributed by atoms with E-state index < -0.39 is 0 Å². The Morgan fingerprint density at radius 1 is 1.30 bits per heavy atom. The molecule has 3 aromatic rings. The molecule has 1 heterocycles. The predicted octanol–water partition coefficient (Wildman–Crippen LogP) is 4.39. The average Bonchev–Trinajstić information content (AvgIpc) is 3.05.